The number of hydrogen-bond donors (Lipinski definition) is 1. The first-order valence-corrected chi connectivity index (χ1v) is 3.31. The first-order valence-electron chi connectivity index (χ1n) is 3.31. The van der Waals surface area contributed by atoms with E-state index in [1.54, 1.807) is 7.05 Å². The van der Waals surface area contributed by atoms with Crippen molar-refractivity contribution in [2.75, 3.05) is 7.05 Å². The van der Waals surface area contributed by atoms with Crippen molar-refractivity contribution in [3.05, 3.63) is 0 Å². The summed E-state index contributed by atoms with van der Waals surface area (Å²) in [5, 5.41) is 2.87. The second-order valence-corrected chi connectivity index (χ2v) is 2.51. The summed E-state index contributed by atoms with van der Waals surface area (Å²) in [5.74, 6) is 0.0838. The van der Waals surface area contributed by atoms with Gasteiger partial charge in [-0.2, -0.15) is 0 Å². The Hall–Kier alpha value is -0.700. The molecule has 0 bridgehead atoms. The predicted octanol–water partition coefficient (Wildman–Crippen LogP) is 0.458. The van der Waals surface area contributed by atoms with Crippen molar-refractivity contribution in [3.8, 4) is 0 Å². The highest BCUT2D eigenvalue weighted by Gasteiger charge is 2.17. The molecule has 0 aliphatic carbocycles. The highest BCUT2D eigenvalue weighted by molar-refractivity contribution is 5.85. The Morgan fingerprint density at radius 2 is 2.10 bits per heavy atom. The number of carbonyl (C=O) groups excluding carboxylic acids is 1. The number of hydrogen-bond acceptors (Lipinski definition) is 2. The molecule has 3 heteroatoms. The molecule has 0 heterocycles. The van der Waals surface area contributed by atoms with Gasteiger partial charge in [-0.1, -0.05) is 13.8 Å². The van der Waals surface area contributed by atoms with Crippen molar-refractivity contribution >= 4 is 12.6 Å². The summed E-state index contributed by atoms with van der Waals surface area (Å²) in [4.78, 5) is 14.2. The van der Waals surface area contributed by atoms with Crippen LogP contribution in [0.3, 0.4) is 0 Å². The van der Waals surface area contributed by atoms with Crippen LogP contribution in [0.25, 0.3) is 0 Å². The summed E-state index contributed by atoms with van der Waals surface area (Å²) in [6.45, 7) is 7.10. The van der Waals surface area contributed by atoms with Crippen LogP contribution in [0, 0.1) is 5.92 Å². The number of amides is 1. The maximum absolute atomic E-state index is 10.9. The molecule has 0 aromatic carbocycles. The largest absolute Gasteiger partial charge is 0.309 e. The number of nitrogens with one attached hydrogen (secondary N) is 1. The van der Waals surface area contributed by atoms with Gasteiger partial charge in [0.15, 0.2) is 0 Å². The van der Waals surface area contributed by atoms with Crippen LogP contribution in [0.2, 0.25) is 0 Å². The van der Waals surface area contributed by atoms with Crippen LogP contribution in [0.1, 0.15) is 13.8 Å². The molecule has 0 aromatic rings. The van der Waals surface area contributed by atoms with E-state index in [1.165, 1.54) is 0 Å². The second kappa shape index (κ2) is 4.17. The molecule has 0 rings (SSSR count). The summed E-state index contributed by atoms with van der Waals surface area (Å²) < 4.78 is 0. The quantitative estimate of drug-likeness (QED) is 0.581. The van der Waals surface area contributed by atoms with E-state index in [9.17, 15) is 4.79 Å². The monoisotopic (exact) mass is 142 g/mol. The summed E-state index contributed by atoms with van der Waals surface area (Å²) in [5.41, 5.74) is 0. The minimum atomic E-state index is -0.183. The lowest BCUT2D eigenvalue weighted by molar-refractivity contribution is -0.120. The molecule has 1 amide bonds. The molecule has 0 aliphatic rings. The molecule has 0 radical (unpaired) electrons. The fourth-order valence-electron chi connectivity index (χ4n) is 0.840. The van der Waals surface area contributed by atoms with Crippen LogP contribution >= 0.6 is 0 Å². The first-order chi connectivity index (χ1) is 4.63. The molecule has 1 N–H and O–H groups in total. The number of carbonyl (C=O) groups is 1. The second-order valence-electron chi connectivity index (χ2n) is 2.51. The van der Waals surface area contributed by atoms with Gasteiger partial charge in [0.25, 0.3) is 5.91 Å². The fourth-order valence-corrected chi connectivity index (χ4v) is 0.840. The average molecular weight is 142 g/mol. The number of nitrogens with zero attached hydrogens (tertiary/aromatic N) is 1. The van der Waals surface area contributed by atoms with Gasteiger partial charge in [0.1, 0.15) is 0 Å². The van der Waals surface area contributed by atoms with Crippen molar-refractivity contribution in [1.82, 2.24) is 5.32 Å². The Morgan fingerprint density at radius 1 is 1.60 bits per heavy atom. The average Bonchev–Trinajstić information content (AvgIpc) is 1.88. The van der Waals surface area contributed by atoms with Gasteiger partial charge < -0.3 is 5.32 Å². The topological polar surface area (TPSA) is 41.5 Å². The van der Waals surface area contributed by atoms with Crippen LogP contribution in [-0.4, -0.2) is 25.7 Å². The van der Waals surface area contributed by atoms with E-state index in [0.717, 1.165) is 0 Å². The highest BCUT2D eigenvalue weighted by Crippen LogP contribution is 2.01. The van der Waals surface area contributed by atoms with Crippen LogP contribution in [0.15, 0.2) is 4.99 Å². The summed E-state index contributed by atoms with van der Waals surface area (Å²) in [6.07, 6.45) is 0. The maximum Gasteiger partial charge on any atom is 0.262 e. The first kappa shape index (κ1) is 9.30. The lowest BCUT2D eigenvalue weighted by Gasteiger charge is -2.14. The molecule has 1 atom stereocenters. The summed E-state index contributed by atoms with van der Waals surface area (Å²) in [7, 11) is 1.74. The third kappa shape index (κ3) is 2.27. The maximum atomic E-state index is 10.9. The molecule has 0 saturated carbocycles. The molecule has 0 aliphatic heterocycles. The van der Waals surface area contributed by atoms with E-state index in [1.807, 2.05) is 13.8 Å². The van der Waals surface area contributed by atoms with Gasteiger partial charge in [0.05, 0.1) is 6.04 Å². The van der Waals surface area contributed by atoms with Crippen LogP contribution < -0.4 is 5.32 Å². The summed E-state index contributed by atoms with van der Waals surface area (Å²) in [6, 6.07) is -0.183. The van der Waals surface area contributed by atoms with E-state index in [0.29, 0.717) is 0 Å². The molecule has 0 aromatic heterocycles. The Balaban J connectivity index is 4.06. The highest BCUT2D eigenvalue weighted by atomic mass is 16.1. The summed E-state index contributed by atoms with van der Waals surface area (Å²) >= 11 is 0. The van der Waals surface area contributed by atoms with Crippen LogP contribution in [0.5, 0.6) is 0 Å². The van der Waals surface area contributed by atoms with Gasteiger partial charge in [-0.3, -0.25) is 4.79 Å². The number of aliphatic imine (C=N–C) groups is 1. The van der Waals surface area contributed by atoms with Gasteiger partial charge in [0, 0.05) is 0 Å². The molecule has 0 saturated heterocycles. The lowest BCUT2D eigenvalue weighted by Crippen LogP contribution is -2.37. The van der Waals surface area contributed by atoms with Crippen LogP contribution in [-0.2, 0) is 4.79 Å². The smallest absolute Gasteiger partial charge is 0.262 e. The molecule has 0 fully saturated rings. The Morgan fingerprint density at radius 3 is 2.20 bits per heavy atom. The molecule has 0 unspecified atom stereocenters. The third-order valence-electron chi connectivity index (χ3n) is 1.40. The van der Waals surface area contributed by atoms with Gasteiger partial charge in [-0.05, 0) is 19.7 Å². The SMILES string of the molecule is C=NC(=O)[C@@H](NC)C(C)C. The molecular weight excluding hydrogens is 128 g/mol. The molecule has 10 heavy (non-hydrogen) atoms. The zero-order valence-electron chi connectivity index (χ0n) is 6.72. The molecule has 3 nitrogen and oxygen atoms in total. The van der Waals surface area contributed by atoms with Gasteiger partial charge in [0.2, 0.25) is 0 Å². The number of rotatable bonds is 3. The van der Waals surface area contributed by atoms with Crippen LogP contribution in [0.4, 0.5) is 0 Å². The zero-order chi connectivity index (χ0) is 8.15. The Kier molecular flexibility index (Phi) is 3.88. The van der Waals surface area contributed by atoms with Gasteiger partial charge in [-0.15, -0.1) is 0 Å². The fraction of sp³-hybridized carbons (Fsp3) is 0.714. The Bertz CT molecular complexity index is 132. The minimum absolute atomic E-state index is 0.183. The minimum Gasteiger partial charge on any atom is -0.309 e. The van der Waals surface area contributed by atoms with Gasteiger partial charge in [-0.25, -0.2) is 4.99 Å². The van der Waals surface area contributed by atoms with Crippen molar-refractivity contribution in [2.24, 2.45) is 10.9 Å². The predicted molar refractivity (Wildman–Crippen MR) is 42.2 cm³/mol. The van der Waals surface area contributed by atoms with E-state index in [4.69, 9.17) is 0 Å². The van der Waals surface area contributed by atoms with E-state index >= 15 is 0 Å². The van der Waals surface area contributed by atoms with E-state index < -0.39 is 0 Å². The van der Waals surface area contributed by atoms with E-state index in [-0.39, 0.29) is 17.9 Å². The third-order valence-corrected chi connectivity index (χ3v) is 1.40. The van der Waals surface area contributed by atoms with Crippen molar-refractivity contribution < 1.29 is 4.79 Å². The lowest BCUT2D eigenvalue weighted by atomic mass is 10.0. The number of likely N-dealkylation sites (N-methyl/N-ethyl adjacent to an activating group) is 1. The Labute approximate surface area is 61.5 Å². The van der Waals surface area contributed by atoms with Gasteiger partial charge >= 0.3 is 0 Å². The molecule has 58 valence electrons. The molecular formula is C7H14N2O. The van der Waals surface area contributed by atoms with E-state index in [2.05, 4.69) is 17.0 Å². The standard InChI is InChI=1S/C7H14N2O/c1-5(2)6(8-3)7(10)9-4/h5-6,8H,4H2,1-3H3/t6-/m0/s1. The van der Waals surface area contributed by atoms with Crippen molar-refractivity contribution in [2.45, 2.75) is 19.9 Å². The normalized spacial score (nSPS) is 13.2. The zero-order valence-corrected chi connectivity index (χ0v) is 6.72. The van der Waals surface area contributed by atoms with Crippen molar-refractivity contribution in [3.63, 3.8) is 0 Å². The molecule has 0 spiro atoms. The van der Waals surface area contributed by atoms with Crippen molar-refractivity contribution in [1.29, 1.82) is 0 Å².